The van der Waals surface area contributed by atoms with E-state index in [1.54, 1.807) is 0 Å². The molecule has 2 N–H and O–H groups in total. The van der Waals surface area contributed by atoms with Crippen molar-refractivity contribution < 1.29 is 9.90 Å². The van der Waals surface area contributed by atoms with Crippen molar-refractivity contribution in [3.63, 3.8) is 0 Å². The first-order valence-electron chi connectivity index (χ1n) is 9.52. The monoisotopic (exact) mass is 342 g/mol. The van der Waals surface area contributed by atoms with Gasteiger partial charge in [-0.15, -0.1) is 0 Å². The molecule has 2 aliphatic rings. The summed E-state index contributed by atoms with van der Waals surface area (Å²) >= 11 is 0. The van der Waals surface area contributed by atoms with E-state index in [0.29, 0.717) is 18.5 Å². The van der Waals surface area contributed by atoms with Crippen LogP contribution in [0.4, 0.5) is 0 Å². The van der Waals surface area contributed by atoms with Crippen molar-refractivity contribution >= 4 is 12.0 Å². The van der Waals surface area contributed by atoms with Crippen molar-refractivity contribution in [3.8, 4) is 0 Å². The summed E-state index contributed by atoms with van der Waals surface area (Å²) < 4.78 is 0. The summed E-state index contributed by atoms with van der Waals surface area (Å²) in [6, 6.07) is 11.2. The lowest BCUT2D eigenvalue weighted by atomic mass is 9.96. The van der Waals surface area contributed by atoms with Gasteiger partial charge in [0.25, 0.3) is 0 Å². The van der Waals surface area contributed by atoms with Crippen molar-refractivity contribution in [2.24, 2.45) is 11.8 Å². The Hall–Kier alpha value is -1.65. The van der Waals surface area contributed by atoms with E-state index in [1.807, 2.05) is 0 Å². The quantitative estimate of drug-likeness (QED) is 0.761. The van der Waals surface area contributed by atoms with Crippen LogP contribution in [0.15, 0.2) is 35.9 Å². The zero-order valence-corrected chi connectivity index (χ0v) is 15.2. The third kappa shape index (κ3) is 5.68. The summed E-state index contributed by atoms with van der Waals surface area (Å²) in [5, 5.41) is 12.5. The first-order chi connectivity index (χ1) is 12.1. The lowest BCUT2D eigenvalue weighted by Crippen LogP contribution is -2.38. The molecule has 3 rings (SSSR count). The molecule has 2 atom stereocenters. The summed E-state index contributed by atoms with van der Waals surface area (Å²) in [6.45, 7) is 6.14. The molecule has 1 aromatic rings. The van der Waals surface area contributed by atoms with E-state index in [9.17, 15) is 4.79 Å². The minimum absolute atomic E-state index is 0.264. The van der Waals surface area contributed by atoms with Crippen LogP contribution in [0, 0.1) is 11.8 Å². The first kappa shape index (κ1) is 18.2. The molecule has 0 aromatic heterocycles. The third-order valence-electron chi connectivity index (χ3n) is 5.59. The molecule has 4 nitrogen and oxygen atoms in total. The topological polar surface area (TPSA) is 52.6 Å². The summed E-state index contributed by atoms with van der Waals surface area (Å²) in [5.74, 6) is 0.735. The maximum atomic E-state index is 10.7. The molecule has 0 spiro atoms. The van der Waals surface area contributed by atoms with Gasteiger partial charge in [-0.05, 0) is 63.2 Å². The molecule has 136 valence electrons. The summed E-state index contributed by atoms with van der Waals surface area (Å²) in [7, 11) is 0. The second-order valence-electron chi connectivity index (χ2n) is 7.58. The number of carboxylic acids is 1. The third-order valence-corrected chi connectivity index (χ3v) is 5.59. The number of rotatable bonds is 8. The number of nitrogens with one attached hydrogen (secondary N) is 1. The fourth-order valence-corrected chi connectivity index (χ4v) is 3.83. The Morgan fingerprint density at radius 3 is 2.68 bits per heavy atom. The minimum atomic E-state index is -0.692. The maximum Gasteiger partial charge on any atom is 0.304 e. The van der Waals surface area contributed by atoms with Crippen molar-refractivity contribution in [1.82, 2.24) is 10.2 Å². The lowest BCUT2D eigenvalue weighted by molar-refractivity contribution is -0.137. The van der Waals surface area contributed by atoms with E-state index in [2.05, 4.69) is 53.5 Å². The smallest absolute Gasteiger partial charge is 0.304 e. The highest BCUT2D eigenvalue weighted by Crippen LogP contribution is 2.38. The Balaban J connectivity index is 1.34. The fraction of sp³-hybridized carbons (Fsp3) is 0.571. The second kappa shape index (κ2) is 8.63. The number of aliphatic carboxylic acids is 1. The van der Waals surface area contributed by atoms with Crippen molar-refractivity contribution in [1.29, 1.82) is 0 Å². The Bertz CT molecular complexity index is 591. The van der Waals surface area contributed by atoms with Crippen LogP contribution in [-0.2, 0) is 4.79 Å². The highest BCUT2D eigenvalue weighted by Gasteiger charge is 2.38. The van der Waals surface area contributed by atoms with Crippen molar-refractivity contribution in [2.75, 3.05) is 26.2 Å². The molecular weight excluding hydrogens is 312 g/mol. The number of carbonyl (C=O) groups is 1. The molecule has 0 amide bonds. The predicted molar refractivity (Wildman–Crippen MR) is 101 cm³/mol. The zero-order valence-electron chi connectivity index (χ0n) is 15.2. The van der Waals surface area contributed by atoms with Gasteiger partial charge in [-0.1, -0.05) is 42.0 Å². The molecule has 1 aromatic carbocycles. The predicted octanol–water partition coefficient (Wildman–Crippen LogP) is 3.25. The van der Waals surface area contributed by atoms with Gasteiger partial charge in [0.05, 0.1) is 6.42 Å². The Morgan fingerprint density at radius 1 is 1.28 bits per heavy atom. The number of hydrogen-bond acceptors (Lipinski definition) is 3. The molecule has 1 saturated carbocycles. The number of carboxylic acid groups (broad SMARTS) is 1. The van der Waals surface area contributed by atoms with Crippen LogP contribution in [0.25, 0.3) is 6.08 Å². The lowest BCUT2D eigenvalue weighted by Gasteiger charge is -2.31. The molecule has 0 unspecified atom stereocenters. The molecular formula is C21H30N2O2. The number of likely N-dealkylation sites (tertiary alicyclic amines) is 1. The highest BCUT2D eigenvalue weighted by molar-refractivity contribution is 5.66. The molecule has 1 aliphatic heterocycles. The van der Waals surface area contributed by atoms with E-state index >= 15 is 0 Å². The molecule has 1 saturated heterocycles. The highest BCUT2D eigenvalue weighted by atomic mass is 16.4. The Morgan fingerprint density at radius 2 is 2.00 bits per heavy atom. The number of hydrogen-bond donors (Lipinski definition) is 2. The van der Waals surface area contributed by atoms with Gasteiger partial charge in [-0.25, -0.2) is 0 Å². The van der Waals surface area contributed by atoms with Crippen LogP contribution < -0.4 is 5.32 Å². The first-order valence-corrected chi connectivity index (χ1v) is 9.52. The largest absolute Gasteiger partial charge is 0.481 e. The van der Waals surface area contributed by atoms with Crippen LogP contribution >= 0.6 is 0 Å². The van der Waals surface area contributed by atoms with Gasteiger partial charge >= 0.3 is 5.97 Å². The Kier molecular flexibility index (Phi) is 6.27. The average molecular weight is 342 g/mol. The van der Waals surface area contributed by atoms with Gasteiger partial charge in [0.15, 0.2) is 0 Å². The zero-order chi connectivity index (χ0) is 17.6. The van der Waals surface area contributed by atoms with E-state index in [0.717, 1.165) is 25.6 Å². The van der Waals surface area contributed by atoms with Crippen molar-refractivity contribution in [3.05, 3.63) is 41.5 Å². The molecule has 0 radical (unpaired) electrons. The molecule has 25 heavy (non-hydrogen) atoms. The van der Waals surface area contributed by atoms with E-state index in [-0.39, 0.29) is 6.42 Å². The normalized spacial score (nSPS) is 25.1. The van der Waals surface area contributed by atoms with Gasteiger partial charge in [0.2, 0.25) is 0 Å². The summed E-state index contributed by atoms with van der Waals surface area (Å²) in [5.41, 5.74) is 2.77. The molecule has 4 heteroatoms. The molecule has 2 fully saturated rings. The van der Waals surface area contributed by atoms with Gasteiger partial charge < -0.3 is 15.3 Å². The standard InChI is InChI=1S/C21H30N2O2/c1-16(13-17-5-3-2-4-6-17)19-14-20(19)22-15-18-7-10-23(11-8-18)12-9-21(24)25/h2-6,13,18-20,22H,7-12,14-15H2,1H3,(H,24,25)/t19-,20+/m0/s1. The second-order valence-corrected chi connectivity index (χ2v) is 7.58. The van der Waals surface area contributed by atoms with Crippen LogP contribution in [0.3, 0.4) is 0 Å². The van der Waals surface area contributed by atoms with E-state index < -0.39 is 5.97 Å². The van der Waals surface area contributed by atoms with Crippen molar-refractivity contribution in [2.45, 2.75) is 38.6 Å². The summed E-state index contributed by atoms with van der Waals surface area (Å²) in [6.07, 6.45) is 6.20. The molecule has 0 bridgehead atoms. The van der Waals surface area contributed by atoms with Crippen LogP contribution in [0.5, 0.6) is 0 Å². The van der Waals surface area contributed by atoms with Gasteiger partial charge in [-0.3, -0.25) is 4.79 Å². The van der Waals surface area contributed by atoms with Gasteiger partial charge in [0, 0.05) is 12.6 Å². The molecule has 1 heterocycles. The number of piperidine rings is 1. The van der Waals surface area contributed by atoms with Crippen LogP contribution in [0.2, 0.25) is 0 Å². The van der Waals surface area contributed by atoms with Gasteiger partial charge in [0.1, 0.15) is 0 Å². The Labute approximate surface area is 150 Å². The van der Waals surface area contributed by atoms with Gasteiger partial charge in [-0.2, -0.15) is 0 Å². The van der Waals surface area contributed by atoms with Crippen LogP contribution in [-0.4, -0.2) is 48.2 Å². The SMILES string of the molecule is CC(=Cc1ccccc1)[C@@H]1C[C@H]1NCC1CCN(CCC(=O)O)CC1. The minimum Gasteiger partial charge on any atom is -0.481 e. The van der Waals surface area contributed by atoms with Crippen LogP contribution in [0.1, 0.15) is 38.2 Å². The molecule has 1 aliphatic carbocycles. The number of nitrogens with zero attached hydrogens (tertiary/aromatic N) is 1. The summed E-state index contributed by atoms with van der Waals surface area (Å²) in [4.78, 5) is 12.9. The average Bonchev–Trinajstić information content (AvgIpc) is 3.40. The van der Waals surface area contributed by atoms with E-state index in [1.165, 1.54) is 30.4 Å². The van der Waals surface area contributed by atoms with E-state index in [4.69, 9.17) is 5.11 Å². The maximum absolute atomic E-state index is 10.7. The number of benzene rings is 1. The fourth-order valence-electron chi connectivity index (χ4n) is 3.83.